The van der Waals surface area contributed by atoms with Crippen LogP contribution in [0.2, 0.25) is 0 Å². The van der Waals surface area contributed by atoms with Crippen molar-refractivity contribution in [1.82, 2.24) is 0 Å². The molecule has 0 aliphatic carbocycles. The molecule has 2 heterocycles. The number of nitrogens with one attached hydrogen (secondary N) is 1. The van der Waals surface area contributed by atoms with E-state index in [9.17, 15) is 9.59 Å². The van der Waals surface area contributed by atoms with Crippen LogP contribution in [-0.2, 0) is 14.3 Å². The van der Waals surface area contributed by atoms with E-state index in [1.54, 1.807) is 11.0 Å². The zero-order valence-corrected chi connectivity index (χ0v) is 10.6. The maximum absolute atomic E-state index is 12.3. The summed E-state index contributed by atoms with van der Waals surface area (Å²) in [5, 5.41) is 2.77. The number of ether oxygens (including phenoxy) is 1. The van der Waals surface area contributed by atoms with Crippen LogP contribution >= 0.6 is 0 Å². The largest absolute Gasteiger partial charge is 0.378 e. The Morgan fingerprint density at radius 2 is 2.26 bits per heavy atom. The molecule has 5 heteroatoms. The van der Waals surface area contributed by atoms with E-state index in [1.165, 1.54) is 0 Å². The molecule has 0 bridgehead atoms. The minimum absolute atomic E-state index is 0.00431. The van der Waals surface area contributed by atoms with Gasteiger partial charge in [0.05, 0.1) is 23.9 Å². The fourth-order valence-corrected chi connectivity index (χ4v) is 2.57. The third-order valence-corrected chi connectivity index (χ3v) is 3.50. The number of benzene rings is 1. The highest BCUT2D eigenvalue weighted by Crippen LogP contribution is 2.30. The second kappa shape index (κ2) is 5.01. The van der Waals surface area contributed by atoms with Crippen molar-refractivity contribution in [2.45, 2.75) is 25.4 Å². The second-order valence-corrected chi connectivity index (χ2v) is 4.88. The lowest BCUT2D eigenvalue weighted by Gasteiger charge is -2.29. The van der Waals surface area contributed by atoms with Gasteiger partial charge in [0.1, 0.15) is 6.54 Å². The van der Waals surface area contributed by atoms with Gasteiger partial charge >= 0.3 is 0 Å². The Kier molecular flexibility index (Phi) is 3.21. The van der Waals surface area contributed by atoms with E-state index < -0.39 is 0 Å². The fraction of sp³-hybridized carbons (Fsp3) is 0.429. The third-order valence-electron chi connectivity index (χ3n) is 3.50. The Morgan fingerprint density at radius 3 is 3.05 bits per heavy atom. The summed E-state index contributed by atoms with van der Waals surface area (Å²) in [7, 11) is 0. The first kappa shape index (κ1) is 12.2. The summed E-state index contributed by atoms with van der Waals surface area (Å²) >= 11 is 0. The Bertz CT molecular complexity index is 509. The average molecular weight is 260 g/mol. The summed E-state index contributed by atoms with van der Waals surface area (Å²) < 4.78 is 5.48. The summed E-state index contributed by atoms with van der Waals surface area (Å²) in [5.74, 6) is -0.200. The van der Waals surface area contributed by atoms with Crippen molar-refractivity contribution in [1.29, 1.82) is 0 Å². The molecule has 1 aromatic rings. The molecule has 2 aliphatic rings. The molecule has 0 spiro atoms. The smallest absolute Gasteiger partial charge is 0.244 e. The van der Waals surface area contributed by atoms with Gasteiger partial charge in [0.25, 0.3) is 0 Å². The number of carbonyl (C=O) groups is 2. The summed E-state index contributed by atoms with van der Waals surface area (Å²) in [6.45, 7) is 0.817. The number of hydrogen-bond acceptors (Lipinski definition) is 3. The number of nitrogens with zero attached hydrogens (tertiary/aromatic N) is 1. The van der Waals surface area contributed by atoms with Crippen LogP contribution in [0.5, 0.6) is 0 Å². The van der Waals surface area contributed by atoms with Crippen molar-refractivity contribution in [3.05, 3.63) is 24.3 Å². The van der Waals surface area contributed by atoms with E-state index in [4.69, 9.17) is 4.74 Å². The Morgan fingerprint density at radius 1 is 1.42 bits per heavy atom. The fourth-order valence-electron chi connectivity index (χ4n) is 2.57. The molecule has 1 aromatic carbocycles. The molecule has 1 fully saturated rings. The van der Waals surface area contributed by atoms with Gasteiger partial charge in [-0.1, -0.05) is 12.1 Å². The molecule has 100 valence electrons. The minimum atomic E-state index is -0.153. The number of anilines is 2. The molecule has 1 saturated heterocycles. The van der Waals surface area contributed by atoms with Gasteiger partial charge < -0.3 is 15.0 Å². The van der Waals surface area contributed by atoms with Crippen molar-refractivity contribution in [3.8, 4) is 0 Å². The molecule has 2 aliphatic heterocycles. The van der Waals surface area contributed by atoms with Crippen molar-refractivity contribution in [3.63, 3.8) is 0 Å². The lowest BCUT2D eigenvalue weighted by molar-refractivity contribution is -0.123. The van der Waals surface area contributed by atoms with Crippen LogP contribution in [0.3, 0.4) is 0 Å². The SMILES string of the molecule is O=C1CN(C(=O)CC2CCCO2)c2ccccc2N1. The summed E-state index contributed by atoms with van der Waals surface area (Å²) in [6.07, 6.45) is 2.29. The first-order chi connectivity index (χ1) is 9.24. The van der Waals surface area contributed by atoms with Crippen LogP contribution in [0.15, 0.2) is 24.3 Å². The molecule has 0 radical (unpaired) electrons. The monoisotopic (exact) mass is 260 g/mol. The van der Waals surface area contributed by atoms with Gasteiger partial charge in [-0.3, -0.25) is 9.59 Å². The molecule has 0 saturated carbocycles. The summed E-state index contributed by atoms with van der Waals surface area (Å²) in [4.78, 5) is 25.5. The quantitative estimate of drug-likeness (QED) is 0.877. The molecule has 2 amide bonds. The van der Waals surface area contributed by atoms with E-state index in [2.05, 4.69) is 5.32 Å². The topological polar surface area (TPSA) is 58.6 Å². The van der Waals surface area contributed by atoms with Gasteiger partial charge in [0.2, 0.25) is 11.8 Å². The van der Waals surface area contributed by atoms with E-state index >= 15 is 0 Å². The molecule has 19 heavy (non-hydrogen) atoms. The number of amides is 2. The van der Waals surface area contributed by atoms with Gasteiger partial charge in [-0.05, 0) is 25.0 Å². The third kappa shape index (κ3) is 2.46. The number of para-hydroxylation sites is 2. The Balaban J connectivity index is 1.79. The maximum atomic E-state index is 12.3. The molecule has 1 N–H and O–H groups in total. The van der Waals surface area contributed by atoms with Crippen molar-refractivity contribution >= 4 is 23.2 Å². The lowest BCUT2D eigenvalue weighted by Crippen LogP contribution is -2.43. The molecular weight excluding hydrogens is 244 g/mol. The second-order valence-electron chi connectivity index (χ2n) is 4.88. The molecule has 1 unspecified atom stereocenters. The van der Waals surface area contributed by atoms with E-state index in [-0.39, 0.29) is 24.5 Å². The predicted molar refractivity (Wildman–Crippen MR) is 71.0 cm³/mol. The molecule has 3 rings (SSSR count). The van der Waals surface area contributed by atoms with Gasteiger partial charge in [-0.2, -0.15) is 0 Å². The number of hydrogen-bond donors (Lipinski definition) is 1. The van der Waals surface area contributed by atoms with Crippen molar-refractivity contribution < 1.29 is 14.3 Å². The highest BCUT2D eigenvalue weighted by atomic mass is 16.5. The predicted octanol–water partition coefficient (Wildman–Crippen LogP) is 1.54. The van der Waals surface area contributed by atoms with E-state index in [0.29, 0.717) is 12.1 Å². The standard InChI is InChI=1S/C14H16N2O3/c17-13-9-16(12-6-2-1-5-11(12)15-13)14(18)8-10-4-3-7-19-10/h1-2,5-6,10H,3-4,7-9H2,(H,15,17). The van der Waals surface area contributed by atoms with Gasteiger partial charge in [-0.25, -0.2) is 0 Å². The molecule has 5 nitrogen and oxygen atoms in total. The van der Waals surface area contributed by atoms with Crippen LogP contribution in [0, 0.1) is 0 Å². The first-order valence-corrected chi connectivity index (χ1v) is 6.55. The highest BCUT2D eigenvalue weighted by molar-refractivity contribution is 6.09. The maximum Gasteiger partial charge on any atom is 0.244 e. The molecule has 1 atom stereocenters. The number of carbonyl (C=O) groups excluding carboxylic acids is 2. The highest BCUT2D eigenvalue weighted by Gasteiger charge is 2.29. The first-order valence-electron chi connectivity index (χ1n) is 6.55. The van der Waals surface area contributed by atoms with Crippen LogP contribution in [0.1, 0.15) is 19.3 Å². The van der Waals surface area contributed by atoms with Gasteiger partial charge in [0.15, 0.2) is 0 Å². The average Bonchev–Trinajstić information content (AvgIpc) is 2.90. The van der Waals surface area contributed by atoms with Crippen molar-refractivity contribution in [2.24, 2.45) is 0 Å². The van der Waals surface area contributed by atoms with Gasteiger partial charge in [-0.15, -0.1) is 0 Å². The van der Waals surface area contributed by atoms with Crippen molar-refractivity contribution in [2.75, 3.05) is 23.4 Å². The Hall–Kier alpha value is -1.88. The number of fused-ring (bicyclic) bond motifs is 1. The minimum Gasteiger partial charge on any atom is -0.378 e. The summed E-state index contributed by atoms with van der Waals surface area (Å²) in [5.41, 5.74) is 1.46. The van der Waals surface area contributed by atoms with Gasteiger partial charge in [0, 0.05) is 6.61 Å². The molecular formula is C14H16N2O3. The normalized spacial score (nSPS) is 22.0. The zero-order valence-electron chi connectivity index (χ0n) is 10.6. The van der Waals surface area contributed by atoms with E-state index in [0.717, 1.165) is 25.1 Å². The lowest BCUT2D eigenvalue weighted by atomic mass is 10.1. The van der Waals surface area contributed by atoms with Crippen LogP contribution in [0.4, 0.5) is 11.4 Å². The number of rotatable bonds is 2. The van der Waals surface area contributed by atoms with E-state index in [1.807, 2.05) is 18.2 Å². The summed E-state index contributed by atoms with van der Waals surface area (Å²) in [6, 6.07) is 7.36. The Labute approximate surface area is 111 Å². The van der Waals surface area contributed by atoms with Crippen LogP contribution in [-0.4, -0.2) is 31.1 Å². The molecule has 0 aromatic heterocycles. The zero-order chi connectivity index (χ0) is 13.2. The van der Waals surface area contributed by atoms with Crippen LogP contribution < -0.4 is 10.2 Å². The van der Waals surface area contributed by atoms with Crippen LogP contribution in [0.25, 0.3) is 0 Å².